The number of aliphatic hydroxyl groups is 2. The van der Waals surface area contributed by atoms with Crippen LogP contribution in [0.2, 0.25) is 0 Å². The van der Waals surface area contributed by atoms with E-state index in [0.29, 0.717) is 13.2 Å². The molecule has 2 atom stereocenters. The van der Waals surface area contributed by atoms with Crippen LogP contribution >= 0.6 is 0 Å². The zero-order valence-corrected chi connectivity index (χ0v) is 12.8. The summed E-state index contributed by atoms with van der Waals surface area (Å²) in [6.07, 6.45) is 2.71. The predicted octanol–water partition coefficient (Wildman–Crippen LogP) is 1.88. The average Bonchev–Trinajstić information content (AvgIpc) is 3.26. The molecule has 118 valence electrons. The number of hydrogen-bond donors (Lipinski definition) is 3. The summed E-state index contributed by atoms with van der Waals surface area (Å²) in [5.41, 5.74) is 1.41. The fourth-order valence-corrected chi connectivity index (χ4v) is 2.57. The van der Waals surface area contributed by atoms with E-state index in [0.717, 1.165) is 18.5 Å². The molecule has 0 aromatic heterocycles. The highest BCUT2D eigenvalue weighted by atomic mass is 16.5. The second-order valence-corrected chi connectivity index (χ2v) is 6.14. The van der Waals surface area contributed by atoms with E-state index in [1.165, 1.54) is 12.8 Å². The van der Waals surface area contributed by atoms with Gasteiger partial charge in [-0.15, -0.1) is 0 Å². The Hall–Kier alpha value is -0.940. The minimum Gasteiger partial charge on any atom is -0.396 e. The van der Waals surface area contributed by atoms with Gasteiger partial charge in [0.15, 0.2) is 0 Å². The summed E-state index contributed by atoms with van der Waals surface area (Å²) in [6.45, 7) is 3.99. The van der Waals surface area contributed by atoms with Crippen molar-refractivity contribution in [3.63, 3.8) is 0 Å². The molecular weight excluding hydrogens is 266 g/mol. The maximum Gasteiger partial charge on any atom is 0.0897 e. The van der Waals surface area contributed by atoms with Gasteiger partial charge in [-0.05, 0) is 37.2 Å². The third-order valence-corrected chi connectivity index (χ3v) is 4.29. The first-order valence-electron chi connectivity index (χ1n) is 7.81. The topological polar surface area (TPSA) is 61.7 Å². The Morgan fingerprint density at radius 1 is 1.29 bits per heavy atom. The van der Waals surface area contributed by atoms with Crippen LogP contribution in [0.15, 0.2) is 30.3 Å². The summed E-state index contributed by atoms with van der Waals surface area (Å²) in [5, 5.41) is 22.3. The summed E-state index contributed by atoms with van der Waals surface area (Å²) in [6, 6.07) is 10.0. The zero-order valence-electron chi connectivity index (χ0n) is 12.8. The van der Waals surface area contributed by atoms with E-state index in [9.17, 15) is 5.11 Å². The highest BCUT2D eigenvalue weighted by Gasteiger charge is 2.41. The molecule has 2 unspecified atom stereocenters. The average molecular weight is 293 g/mol. The van der Waals surface area contributed by atoms with Gasteiger partial charge in [0.05, 0.1) is 18.8 Å². The second-order valence-electron chi connectivity index (χ2n) is 6.14. The van der Waals surface area contributed by atoms with E-state index in [-0.39, 0.29) is 18.1 Å². The lowest BCUT2D eigenvalue weighted by molar-refractivity contribution is -0.00242. The van der Waals surface area contributed by atoms with Crippen LogP contribution in [-0.4, -0.2) is 42.6 Å². The van der Waals surface area contributed by atoms with Crippen molar-refractivity contribution in [3.8, 4) is 0 Å². The first-order valence-corrected chi connectivity index (χ1v) is 7.81. The van der Waals surface area contributed by atoms with Crippen molar-refractivity contribution in [1.29, 1.82) is 0 Å². The van der Waals surface area contributed by atoms with Gasteiger partial charge in [0.1, 0.15) is 0 Å². The van der Waals surface area contributed by atoms with Crippen LogP contribution in [0.1, 0.15) is 37.9 Å². The van der Waals surface area contributed by atoms with Crippen molar-refractivity contribution in [1.82, 2.24) is 5.32 Å². The van der Waals surface area contributed by atoms with Crippen molar-refractivity contribution in [2.45, 2.75) is 38.4 Å². The molecule has 0 saturated heterocycles. The highest BCUT2D eigenvalue weighted by molar-refractivity contribution is 5.16. The van der Waals surface area contributed by atoms with Crippen LogP contribution < -0.4 is 5.32 Å². The first-order chi connectivity index (χ1) is 10.2. The van der Waals surface area contributed by atoms with Crippen LogP contribution in [-0.2, 0) is 4.74 Å². The summed E-state index contributed by atoms with van der Waals surface area (Å²) in [7, 11) is 0. The van der Waals surface area contributed by atoms with Crippen molar-refractivity contribution >= 4 is 0 Å². The summed E-state index contributed by atoms with van der Waals surface area (Å²) in [5.74, 6) is 0. The number of hydrogen-bond acceptors (Lipinski definition) is 4. The monoisotopic (exact) mass is 293 g/mol. The number of benzene rings is 1. The third-order valence-electron chi connectivity index (χ3n) is 4.29. The Labute approximate surface area is 127 Å². The zero-order chi connectivity index (χ0) is 15.1. The lowest BCUT2D eigenvalue weighted by Crippen LogP contribution is -2.34. The van der Waals surface area contributed by atoms with E-state index < -0.39 is 6.10 Å². The predicted molar refractivity (Wildman–Crippen MR) is 83.1 cm³/mol. The standard InChI is InChI=1S/C17H27NO3/c1-14(15-5-3-2-4-6-15)21-12-16(20)11-18-13-17(7-8-17)9-10-19/h2-6,14,16,18-20H,7-13H2,1H3. The van der Waals surface area contributed by atoms with Crippen LogP contribution in [0.5, 0.6) is 0 Å². The first kappa shape index (κ1) is 16.4. The Balaban J connectivity index is 1.60. The lowest BCUT2D eigenvalue weighted by atomic mass is 10.0. The molecule has 0 spiro atoms. The molecule has 0 heterocycles. The quantitative estimate of drug-likeness (QED) is 0.616. The Kier molecular flexibility index (Phi) is 6.18. The number of ether oxygens (including phenoxy) is 1. The fourth-order valence-electron chi connectivity index (χ4n) is 2.57. The number of rotatable bonds is 10. The highest BCUT2D eigenvalue weighted by Crippen LogP contribution is 2.47. The van der Waals surface area contributed by atoms with Crippen molar-refractivity contribution < 1.29 is 14.9 Å². The normalized spacial score (nSPS) is 19.2. The Morgan fingerprint density at radius 3 is 2.62 bits per heavy atom. The van der Waals surface area contributed by atoms with Crippen LogP contribution in [0.4, 0.5) is 0 Å². The van der Waals surface area contributed by atoms with Crippen molar-refractivity contribution in [3.05, 3.63) is 35.9 Å². The minimum absolute atomic E-state index is 0.00925. The summed E-state index contributed by atoms with van der Waals surface area (Å²) >= 11 is 0. The van der Waals surface area contributed by atoms with Crippen molar-refractivity contribution in [2.24, 2.45) is 5.41 Å². The molecule has 4 heteroatoms. The van der Waals surface area contributed by atoms with Gasteiger partial charge in [-0.25, -0.2) is 0 Å². The van der Waals surface area contributed by atoms with E-state index in [1.807, 2.05) is 37.3 Å². The van der Waals surface area contributed by atoms with Gasteiger partial charge < -0.3 is 20.3 Å². The SMILES string of the molecule is CC(OCC(O)CNCC1(CCO)CC1)c1ccccc1. The molecule has 1 saturated carbocycles. The summed E-state index contributed by atoms with van der Waals surface area (Å²) in [4.78, 5) is 0. The van der Waals surface area contributed by atoms with Crippen LogP contribution in [0.25, 0.3) is 0 Å². The van der Waals surface area contributed by atoms with Gasteiger partial charge in [-0.2, -0.15) is 0 Å². The molecule has 21 heavy (non-hydrogen) atoms. The molecule has 1 aliphatic carbocycles. The fraction of sp³-hybridized carbons (Fsp3) is 0.647. The smallest absolute Gasteiger partial charge is 0.0897 e. The molecule has 4 nitrogen and oxygen atoms in total. The molecule has 0 aliphatic heterocycles. The summed E-state index contributed by atoms with van der Waals surface area (Å²) < 4.78 is 5.71. The molecule has 1 aliphatic rings. The number of nitrogens with one attached hydrogen (secondary N) is 1. The molecule has 1 aromatic carbocycles. The van der Waals surface area contributed by atoms with Gasteiger partial charge >= 0.3 is 0 Å². The lowest BCUT2D eigenvalue weighted by Gasteiger charge is -2.19. The largest absolute Gasteiger partial charge is 0.396 e. The molecule has 3 N–H and O–H groups in total. The van der Waals surface area contributed by atoms with Gasteiger partial charge in [-0.1, -0.05) is 30.3 Å². The van der Waals surface area contributed by atoms with Gasteiger partial charge in [0, 0.05) is 19.7 Å². The third kappa shape index (κ3) is 5.40. The van der Waals surface area contributed by atoms with E-state index in [2.05, 4.69) is 5.32 Å². The van der Waals surface area contributed by atoms with Crippen LogP contribution in [0.3, 0.4) is 0 Å². The number of aliphatic hydroxyl groups excluding tert-OH is 2. The van der Waals surface area contributed by atoms with E-state index >= 15 is 0 Å². The Bertz CT molecular complexity index is 406. The van der Waals surface area contributed by atoms with Crippen LogP contribution in [0, 0.1) is 5.41 Å². The molecule has 1 fully saturated rings. The molecular formula is C17H27NO3. The molecule has 0 radical (unpaired) electrons. The minimum atomic E-state index is -0.499. The molecule has 0 amide bonds. The molecule has 1 aromatic rings. The van der Waals surface area contributed by atoms with E-state index in [4.69, 9.17) is 9.84 Å². The van der Waals surface area contributed by atoms with E-state index in [1.54, 1.807) is 0 Å². The maximum absolute atomic E-state index is 9.96. The van der Waals surface area contributed by atoms with Gasteiger partial charge in [-0.3, -0.25) is 0 Å². The van der Waals surface area contributed by atoms with Crippen molar-refractivity contribution in [2.75, 3.05) is 26.3 Å². The maximum atomic E-state index is 9.96. The molecule has 0 bridgehead atoms. The molecule has 2 rings (SSSR count). The van der Waals surface area contributed by atoms with Gasteiger partial charge in [0.2, 0.25) is 0 Å². The Morgan fingerprint density at radius 2 is 2.00 bits per heavy atom. The van der Waals surface area contributed by atoms with Gasteiger partial charge in [0.25, 0.3) is 0 Å². The second kappa shape index (κ2) is 7.90.